The average molecular weight is 307 g/mol. The fourth-order valence-electron chi connectivity index (χ4n) is 2.01. The van der Waals surface area contributed by atoms with E-state index in [0.29, 0.717) is 12.8 Å². The summed E-state index contributed by atoms with van der Waals surface area (Å²) in [5.41, 5.74) is 3.23. The summed E-state index contributed by atoms with van der Waals surface area (Å²) in [6, 6.07) is 16.0. The molecule has 2 nitrogen and oxygen atoms in total. The fraction of sp³-hybridized carbons (Fsp3) is 0.188. The van der Waals surface area contributed by atoms with Gasteiger partial charge in [0.25, 0.3) is 0 Å². The number of carboxylic acids is 1. The number of hydrogen-bond acceptors (Lipinski definition) is 2. The van der Waals surface area contributed by atoms with E-state index >= 15 is 0 Å². The maximum atomic E-state index is 10.7. The average Bonchev–Trinajstić information content (AvgIpc) is 2.45. The van der Waals surface area contributed by atoms with E-state index in [1.807, 2.05) is 48.5 Å². The largest absolute Gasteiger partial charge is 0.480 e. The topological polar surface area (TPSA) is 37.3 Å². The number of halogens is 1. The Morgan fingerprint density at radius 2 is 1.90 bits per heavy atom. The minimum atomic E-state index is -0.973. The highest BCUT2D eigenvalue weighted by atomic mass is 35.5. The SMILES string of the molecule is O=C(O)C(Cl)CCc1ccc(-c2ccccc2)c(S)c1. The van der Waals surface area contributed by atoms with Crippen molar-refractivity contribution in [3.63, 3.8) is 0 Å². The highest BCUT2D eigenvalue weighted by molar-refractivity contribution is 7.80. The normalized spacial score (nSPS) is 12.1. The molecule has 20 heavy (non-hydrogen) atoms. The third-order valence-electron chi connectivity index (χ3n) is 3.10. The Balaban J connectivity index is 2.12. The second-order valence-electron chi connectivity index (χ2n) is 4.56. The summed E-state index contributed by atoms with van der Waals surface area (Å²) in [4.78, 5) is 11.6. The minimum absolute atomic E-state index is 0.411. The molecule has 0 radical (unpaired) electrons. The molecule has 104 valence electrons. The summed E-state index contributed by atoms with van der Waals surface area (Å²) in [6.07, 6.45) is 1.04. The van der Waals surface area contributed by atoms with Crippen LogP contribution in [0.4, 0.5) is 0 Å². The number of hydrogen-bond donors (Lipinski definition) is 2. The Morgan fingerprint density at radius 1 is 1.20 bits per heavy atom. The van der Waals surface area contributed by atoms with E-state index in [-0.39, 0.29) is 0 Å². The van der Waals surface area contributed by atoms with Crippen molar-refractivity contribution in [2.24, 2.45) is 0 Å². The summed E-state index contributed by atoms with van der Waals surface area (Å²) < 4.78 is 0. The number of alkyl halides is 1. The van der Waals surface area contributed by atoms with Crippen molar-refractivity contribution in [3.8, 4) is 11.1 Å². The van der Waals surface area contributed by atoms with Crippen molar-refractivity contribution in [1.29, 1.82) is 0 Å². The van der Waals surface area contributed by atoms with E-state index in [1.165, 1.54) is 0 Å². The van der Waals surface area contributed by atoms with Crippen LogP contribution < -0.4 is 0 Å². The van der Waals surface area contributed by atoms with Crippen molar-refractivity contribution in [1.82, 2.24) is 0 Å². The molecule has 4 heteroatoms. The van der Waals surface area contributed by atoms with Gasteiger partial charge in [-0.15, -0.1) is 24.2 Å². The molecule has 0 fully saturated rings. The number of aryl methyl sites for hydroxylation is 1. The van der Waals surface area contributed by atoms with Gasteiger partial charge >= 0.3 is 5.97 Å². The zero-order valence-electron chi connectivity index (χ0n) is 10.8. The minimum Gasteiger partial charge on any atom is -0.480 e. The van der Waals surface area contributed by atoms with Gasteiger partial charge in [0.1, 0.15) is 5.38 Å². The molecule has 0 aliphatic heterocycles. The van der Waals surface area contributed by atoms with E-state index in [2.05, 4.69) is 12.6 Å². The van der Waals surface area contributed by atoms with Gasteiger partial charge in [0.15, 0.2) is 0 Å². The molecule has 0 aliphatic rings. The van der Waals surface area contributed by atoms with Crippen LogP contribution in [0.1, 0.15) is 12.0 Å². The van der Waals surface area contributed by atoms with Crippen LogP contribution in [0.3, 0.4) is 0 Å². The smallest absolute Gasteiger partial charge is 0.321 e. The predicted molar refractivity (Wildman–Crippen MR) is 84.7 cm³/mol. The van der Waals surface area contributed by atoms with Gasteiger partial charge in [-0.3, -0.25) is 4.79 Å². The molecule has 1 unspecified atom stereocenters. The molecule has 2 rings (SSSR count). The lowest BCUT2D eigenvalue weighted by Gasteiger charge is -2.09. The molecule has 2 aromatic rings. The van der Waals surface area contributed by atoms with Crippen LogP contribution in [0.25, 0.3) is 11.1 Å². The van der Waals surface area contributed by atoms with E-state index in [1.54, 1.807) is 0 Å². The Bertz CT molecular complexity index is 599. The van der Waals surface area contributed by atoms with E-state index < -0.39 is 11.3 Å². The van der Waals surface area contributed by atoms with Gasteiger partial charge in [-0.2, -0.15) is 0 Å². The van der Waals surface area contributed by atoms with Gasteiger partial charge in [-0.05, 0) is 35.6 Å². The number of carbonyl (C=O) groups is 1. The van der Waals surface area contributed by atoms with Crippen LogP contribution in [0.15, 0.2) is 53.4 Å². The number of rotatable bonds is 5. The molecular formula is C16H15ClO2S. The molecule has 0 aromatic heterocycles. The maximum Gasteiger partial charge on any atom is 0.321 e. The first-order valence-electron chi connectivity index (χ1n) is 6.32. The Kier molecular flexibility index (Phi) is 5.10. The molecule has 1 N–H and O–H groups in total. The molecule has 1 atom stereocenters. The molecule has 0 amide bonds. The Hall–Kier alpha value is -1.45. The molecule has 0 spiro atoms. The lowest BCUT2D eigenvalue weighted by Crippen LogP contribution is -2.13. The summed E-state index contributed by atoms with van der Waals surface area (Å²) in [5.74, 6) is -0.973. The van der Waals surface area contributed by atoms with Gasteiger partial charge in [0, 0.05) is 4.90 Å². The monoisotopic (exact) mass is 306 g/mol. The van der Waals surface area contributed by atoms with Crippen molar-refractivity contribution in [2.45, 2.75) is 23.1 Å². The summed E-state index contributed by atoms with van der Waals surface area (Å²) >= 11 is 10.2. The van der Waals surface area contributed by atoms with Gasteiger partial charge in [0.2, 0.25) is 0 Å². The first kappa shape index (κ1) is 14.9. The number of carboxylic acid groups (broad SMARTS) is 1. The first-order chi connectivity index (χ1) is 9.58. The standard InChI is InChI=1S/C16H15ClO2S/c17-14(16(18)19)9-7-11-6-8-13(15(20)10-11)12-4-2-1-3-5-12/h1-6,8,10,14,20H,7,9H2,(H,18,19). The van der Waals surface area contributed by atoms with Crippen LogP contribution in [0, 0.1) is 0 Å². The number of thiol groups is 1. The van der Waals surface area contributed by atoms with E-state index in [9.17, 15) is 4.79 Å². The second kappa shape index (κ2) is 6.82. The van der Waals surface area contributed by atoms with Crippen LogP contribution in [0.2, 0.25) is 0 Å². The highest BCUT2D eigenvalue weighted by Gasteiger charge is 2.13. The molecule has 0 bridgehead atoms. The van der Waals surface area contributed by atoms with Gasteiger partial charge in [0.05, 0.1) is 0 Å². The summed E-state index contributed by atoms with van der Waals surface area (Å²) in [6.45, 7) is 0. The zero-order valence-corrected chi connectivity index (χ0v) is 12.4. The van der Waals surface area contributed by atoms with Gasteiger partial charge in [-0.1, -0.05) is 42.5 Å². The molecule has 0 heterocycles. The van der Waals surface area contributed by atoms with Crippen LogP contribution in [0.5, 0.6) is 0 Å². The van der Waals surface area contributed by atoms with Crippen LogP contribution in [-0.4, -0.2) is 16.5 Å². The molecular weight excluding hydrogens is 292 g/mol. The summed E-state index contributed by atoms with van der Waals surface area (Å²) in [7, 11) is 0. The van der Waals surface area contributed by atoms with Gasteiger partial charge < -0.3 is 5.11 Å². The lowest BCUT2D eigenvalue weighted by atomic mass is 10.0. The van der Waals surface area contributed by atoms with Crippen molar-refractivity contribution in [2.75, 3.05) is 0 Å². The number of benzene rings is 2. The molecule has 0 aliphatic carbocycles. The van der Waals surface area contributed by atoms with Gasteiger partial charge in [-0.25, -0.2) is 0 Å². The fourth-order valence-corrected chi connectivity index (χ4v) is 2.49. The molecule has 0 saturated carbocycles. The molecule has 2 aromatic carbocycles. The van der Waals surface area contributed by atoms with Crippen molar-refractivity contribution >= 4 is 30.2 Å². The Morgan fingerprint density at radius 3 is 2.50 bits per heavy atom. The van der Waals surface area contributed by atoms with E-state index in [0.717, 1.165) is 21.6 Å². The van der Waals surface area contributed by atoms with E-state index in [4.69, 9.17) is 16.7 Å². The highest BCUT2D eigenvalue weighted by Crippen LogP contribution is 2.27. The maximum absolute atomic E-state index is 10.7. The third kappa shape index (κ3) is 3.78. The lowest BCUT2D eigenvalue weighted by molar-refractivity contribution is -0.136. The van der Waals surface area contributed by atoms with Crippen LogP contribution in [-0.2, 0) is 11.2 Å². The second-order valence-corrected chi connectivity index (χ2v) is 5.57. The summed E-state index contributed by atoms with van der Waals surface area (Å²) in [5, 5.41) is 7.92. The van der Waals surface area contributed by atoms with Crippen molar-refractivity contribution in [3.05, 3.63) is 54.1 Å². The van der Waals surface area contributed by atoms with Crippen molar-refractivity contribution < 1.29 is 9.90 Å². The first-order valence-corrected chi connectivity index (χ1v) is 7.20. The molecule has 0 saturated heterocycles. The zero-order chi connectivity index (χ0) is 14.5. The quantitative estimate of drug-likeness (QED) is 0.639. The number of aliphatic carboxylic acids is 1. The third-order valence-corrected chi connectivity index (χ3v) is 3.88. The Labute approximate surface area is 128 Å². The van der Waals surface area contributed by atoms with Crippen LogP contribution >= 0.6 is 24.2 Å². The predicted octanol–water partition coefficient (Wildman–Crippen LogP) is 4.27.